The summed E-state index contributed by atoms with van der Waals surface area (Å²) in [6.45, 7) is 5.36. The summed E-state index contributed by atoms with van der Waals surface area (Å²) in [5.74, 6) is 1.74. The molecule has 2 aromatic rings. The predicted octanol–water partition coefficient (Wildman–Crippen LogP) is 3.16. The normalized spacial score (nSPS) is 14.3. The molecular weight excluding hydrogens is 254 g/mol. The first kappa shape index (κ1) is 14.6. The average Bonchev–Trinajstić information content (AvgIpc) is 3.10. The second-order valence-electron chi connectivity index (χ2n) is 5.33. The maximum Gasteiger partial charge on any atom is 0.280 e. The first-order valence-corrected chi connectivity index (χ1v) is 7.37. The summed E-state index contributed by atoms with van der Waals surface area (Å²) in [6, 6.07) is 1.57. The van der Waals surface area contributed by atoms with Gasteiger partial charge in [0.1, 0.15) is 5.76 Å². The number of aromatic amines is 1. The maximum atomic E-state index is 11.2. The molecule has 5 heteroatoms. The van der Waals surface area contributed by atoms with E-state index in [1.54, 1.807) is 6.07 Å². The van der Waals surface area contributed by atoms with Gasteiger partial charge in [0.15, 0.2) is 0 Å². The third-order valence-electron chi connectivity index (χ3n) is 3.97. The Labute approximate surface area is 119 Å². The van der Waals surface area contributed by atoms with Crippen LogP contribution in [-0.2, 0) is 6.54 Å². The van der Waals surface area contributed by atoms with Gasteiger partial charge in [0.2, 0.25) is 0 Å². The third-order valence-corrected chi connectivity index (χ3v) is 3.97. The fourth-order valence-electron chi connectivity index (χ4n) is 2.60. The SMILES string of the molecule is CCC(CCC(CC)c1cc(=O)[nH]o1)Cn1ccnc1. The highest BCUT2D eigenvalue weighted by Gasteiger charge is 2.17. The summed E-state index contributed by atoms with van der Waals surface area (Å²) in [5, 5.41) is 2.38. The van der Waals surface area contributed by atoms with Crippen LogP contribution in [0.2, 0.25) is 0 Å². The van der Waals surface area contributed by atoms with Crippen LogP contribution in [0.3, 0.4) is 0 Å². The summed E-state index contributed by atoms with van der Waals surface area (Å²) in [6.07, 6.45) is 9.99. The van der Waals surface area contributed by atoms with Crippen LogP contribution >= 0.6 is 0 Å². The lowest BCUT2D eigenvalue weighted by Gasteiger charge is -2.18. The molecule has 0 aliphatic heterocycles. The lowest BCUT2D eigenvalue weighted by atomic mass is 9.91. The Morgan fingerprint density at radius 2 is 2.20 bits per heavy atom. The Morgan fingerprint density at radius 1 is 1.35 bits per heavy atom. The number of hydrogen-bond donors (Lipinski definition) is 1. The van der Waals surface area contributed by atoms with Crippen molar-refractivity contribution in [2.24, 2.45) is 5.92 Å². The van der Waals surface area contributed by atoms with Crippen molar-refractivity contribution < 1.29 is 4.52 Å². The lowest BCUT2D eigenvalue weighted by Crippen LogP contribution is -2.10. The monoisotopic (exact) mass is 277 g/mol. The minimum absolute atomic E-state index is 0.149. The molecule has 1 N–H and O–H groups in total. The van der Waals surface area contributed by atoms with Crippen LogP contribution in [0.15, 0.2) is 34.1 Å². The summed E-state index contributed by atoms with van der Waals surface area (Å²) >= 11 is 0. The van der Waals surface area contributed by atoms with Gasteiger partial charge in [-0.05, 0) is 25.2 Å². The van der Waals surface area contributed by atoms with Crippen LogP contribution in [0, 0.1) is 5.92 Å². The second-order valence-corrected chi connectivity index (χ2v) is 5.33. The highest BCUT2D eigenvalue weighted by Crippen LogP contribution is 2.27. The molecule has 0 aliphatic rings. The zero-order valence-corrected chi connectivity index (χ0v) is 12.2. The molecule has 0 aromatic carbocycles. The molecule has 2 aromatic heterocycles. The molecule has 2 heterocycles. The molecule has 20 heavy (non-hydrogen) atoms. The number of rotatable bonds is 8. The van der Waals surface area contributed by atoms with Crippen LogP contribution in [-0.4, -0.2) is 14.7 Å². The Hall–Kier alpha value is -1.78. The molecule has 0 radical (unpaired) electrons. The number of H-pyrrole nitrogens is 1. The second kappa shape index (κ2) is 7.12. The number of aromatic nitrogens is 3. The molecule has 0 saturated heterocycles. The largest absolute Gasteiger partial charge is 0.383 e. The van der Waals surface area contributed by atoms with Crippen molar-refractivity contribution in [2.75, 3.05) is 0 Å². The first-order valence-electron chi connectivity index (χ1n) is 7.37. The van der Waals surface area contributed by atoms with Crippen LogP contribution in [0.4, 0.5) is 0 Å². The zero-order valence-electron chi connectivity index (χ0n) is 12.2. The molecule has 0 aliphatic carbocycles. The van der Waals surface area contributed by atoms with Crippen molar-refractivity contribution in [1.82, 2.24) is 14.7 Å². The van der Waals surface area contributed by atoms with Gasteiger partial charge in [-0.25, -0.2) is 4.98 Å². The van der Waals surface area contributed by atoms with Gasteiger partial charge in [-0.15, -0.1) is 0 Å². The van der Waals surface area contributed by atoms with E-state index in [-0.39, 0.29) is 5.56 Å². The summed E-state index contributed by atoms with van der Waals surface area (Å²) in [7, 11) is 0. The first-order chi connectivity index (χ1) is 9.72. The Balaban J connectivity index is 1.89. The number of nitrogens with zero attached hydrogens (tertiary/aromatic N) is 2. The number of imidazole rings is 1. The van der Waals surface area contributed by atoms with E-state index in [4.69, 9.17) is 4.52 Å². The molecule has 0 bridgehead atoms. The van der Waals surface area contributed by atoms with Gasteiger partial charge < -0.3 is 9.09 Å². The van der Waals surface area contributed by atoms with E-state index >= 15 is 0 Å². The van der Waals surface area contributed by atoms with Crippen molar-refractivity contribution in [3.05, 3.63) is 40.9 Å². The van der Waals surface area contributed by atoms with Gasteiger partial charge in [-0.1, -0.05) is 20.3 Å². The van der Waals surface area contributed by atoms with Crippen molar-refractivity contribution >= 4 is 0 Å². The predicted molar refractivity (Wildman–Crippen MR) is 77.6 cm³/mol. The molecule has 0 spiro atoms. The Morgan fingerprint density at radius 3 is 2.75 bits per heavy atom. The highest BCUT2D eigenvalue weighted by molar-refractivity contribution is 5.01. The average molecular weight is 277 g/mol. The Bertz CT molecular complexity index is 541. The van der Waals surface area contributed by atoms with Crippen molar-refractivity contribution in [2.45, 2.75) is 52.0 Å². The summed E-state index contributed by atoms with van der Waals surface area (Å²) in [5.41, 5.74) is -0.149. The number of nitrogens with one attached hydrogen (secondary N) is 1. The van der Waals surface area contributed by atoms with Crippen LogP contribution < -0.4 is 5.56 Å². The molecule has 2 atom stereocenters. The van der Waals surface area contributed by atoms with Crippen LogP contribution in [0.25, 0.3) is 0 Å². The van der Waals surface area contributed by atoms with E-state index in [1.165, 1.54) is 0 Å². The van der Waals surface area contributed by atoms with E-state index < -0.39 is 0 Å². The standard InChI is InChI=1S/C15H23N3O2/c1-3-12(10-18-8-7-16-11-18)5-6-13(4-2)14-9-15(19)17-20-14/h7-9,11-13H,3-6,10H2,1-2H3,(H,17,19). The van der Waals surface area contributed by atoms with Gasteiger partial charge in [-0.3, -0.25) is 4.79 Å². The minimum Gasteiger partial charge on any atom is -0.383 e. The Kier molecular flexibility index (Phi) is 5.21. The molecule has 0 fully saturated rings. The molecule has 0 amide bonds. The maximum absolute atomic E-state index is 11.2. The van der Waals surface area contributed by atoms with Gasteiger partial charge in [0, 0.05) is 30.9 Å². The summed E-state index contributed by atoms with van der Waals surface area (Å²) < 4.78 is 7.37. The van der Waals surface area contributed by atoms with Crippen molar-refractivity contribution in [3.8, 4) is 0 Å². The van der Waals surface area contributed by atoms with E-state index in [2.05, 4.69) is 28.6 Å². The van der Waals surface area contributed by atoms with E-state index in [0.717, 1.165) is 38.0 Å². The van der Waals surface area contributed by atoms with Crippen molar-refractivity contribution in [3.63, 3.8) is 0 Å². The topological polar surface area (TPSA) is 63.8 Å². The quantitative estimate of drug-likeness (QED) is 0.806. The molecule has 0 saturated carbocycles. The fraction of sp³-hybridized carbons (Fsp3) is 0.600. The van der Waals surface area contributed by atoms with Crippen LogP contribution in [0.5, 0.6) is 0 Å². The van der Waals surface area contributed by atoms with Crippen molar-refractivity contribution in [1.29, 1.82) is 0 Å². The minimum atomic E-state index is -0.149. The van der Waals surface area contributed by atoms with E-state index in [0.29, 0.717) is 11.8 Å². The molecule has 110 valence electrons. The van der Waals surface area contributed by atoms with Gasteiger partial charge in [0.25, 0.3) is 5.56 Å². The zero-order chi connectivity index (χ0) is 14.4. The molecule has 5 nitrogen and oxygen atoms in total. The number of hydrogen-bond acceptors (Lipinski definition) is 3. The van der Waals surface area contributed by atoms with Gasteiger partial charge >= 0.3 is 0 Å². The smallest absolute Gasteiger partial charge is 0.280 e. The molecular formula is C15H23N3O2. The van der Waals surface area contributed by atoms with E-state index in [1.807, 2.05) is 18.7 Å². The molecule has 2 unspecified atom stereocenters. The van der Waals surface area contributed by atoms with Gasteiger partial charge in [0.05, 0.1) is 6.33 Å². The fourth-order valence-corrected chi connectivity index (χ4v) is 2.60. The lowest BCUT2D eigenvalue weighted by molar-refractivity contribution is 0.321. The van der Waals surface area contributed by atoms with E-state index in [9.17, 15) is 4.79 Å². The van der Waals surface area contributed by atoms with Gasteiger partial charge in [-0.2, -0.15) is 5.16 Å². The summed E-state index contributed by atoms with van der Waals surface area (Å²) in [4.78, 5) is 15.2. The molecule has 2 rings (SSSR count). The third kappa shape index (κ3) is 3.85. The highest BCUT2D eigenvalue weighted by atomic mass is 16.5. The van der Waals surface area contributed by atoms with Crippen LogP contribution in [0.1, 0.15) is 51.2 Å².